The summed E-state index contributed by atoms with van der Waals surface area (Å²) < 4.78 is 35.7. The van der Waals surface area contributed by atoms with Crippen LogP contribution in [0.2, 0.25) is 0 Å². The summed E-state index contributed by atoms with van der Waals surface area (Å²) >= 11 is 1.30. The van der Waals surface area contributed by atoms with Gasteiger partial charge in [-0.25, -0.2) is 8.42 Å². The highest BCUT2D eigenvalue weighted by Gasteiger charge is 2.29. The van der Waals surface area contributed by atoms with Crippen molar-refractivity contribution in [2.75, 3.05) is 23.6 Å². The first-order valence-corrected chi connectivity index (χ1v) is 12.0. The predicted octanol–water partition coefficient (Wildman–Crippen LogP) is 1.64. The van der Waals surface area contributed by atoms with E-state index >= 15 is 0 Å². The van der Waals surface area contributed by atoms with Gasteiger partial charge in [0.05, 0.1) is 16.8 Å². The van der Waals surface area contributed by atoms with Crippen LogP contribution in [0.4, 0.5) is 5.69 Å². The molecule has 1 aromatic carbocycles. The summed E-state index contributed by atoms with van der Waals surface area (Å²) in [6.45, 7) is 1.98. The quantitative estimate of drug-likeness (QED) is 0.678. The summed E-state index contributed by atoms with van der Waals surface area (Å²) in [6, 6.07) is 5.25. The van der Waals surface area contributed by atoms with Crippen molar-refractivity contribution >= 4 is 33.2 Å². The molecule has 2 aromatic rings. The van der Waals surface area contributed by atoms with Gasteiger partial charge in [0.25, 0.3) is 0 Å². The molecular formula is C18H22N4O5S2. The molecule has 2 aliphatic heterocycles. The number of aromatic nitrogens is 3. The molecule has 9 nitrogen and oxygen atoms in total. The van der Waals surface area contributed by atoms with Gasteiger partial charge in [0.1, 0.15) is 5.82 Å². The van der Waals surface area contributed by atoms with Gasteiger partial charge in [0.15, 0.2) is 26.5 Å². The largest absolute Gasteiger partial charge is 0.454 e. The number of nitrogens with zero attached hydrogens (tertiary/aromatic N) is 3. The lowest BCUT2D eigenvalue weighted by Crippen LogP contribution is -2.22. The van der Waals surface area contributed by atoms with Crippen molar-refractivity contribution in [1.29, 1.82) is 0 Å². The SMILES string of the molecule is C[C@H](Sc1nnc(C[C@H]2CCS(=O)(=O)C2)n1C)C(=O)Nc1ccc2c(c1)OCO2. The fourth-order valence-electron chi connectivity index (χ4n) is 3.35. The lowest BCUT2D eigenvalue weighted by molar-refractivity contribution is -0.115. The first kappa shape index (κ1) is 20.0. The Morgan fingerprint density at radius 3 is 2.90 bits per heavy atom. The molecule has 0 bridgehead atoms. The second-order valence-corrected chi connectivity index (χ2v) is 10.8. The van der Waals surface area contributed by atoms with Crippen molar-refractivity contribution in [3.05, 3.63) is 24.0 Å². The van der Waals surface area contributed by atoms with Crippen LogP contribution in [0.5, 0.6) is 11.5 Å². The van der Waals surface area contributed by atoms with Crippen molar-refractivity contribution < 1.29 is 22.7 Å². The van der Waals surface area contributed by atoms with E-state index in [4.69, 9.17) is 9.47 Å². The zero-order chi connectivity index (χ0) is 20.6. The molecule has 4 rings (SSSR count). The van der Waals surface area contributed by atoms with Crippen molar-refractivity contribution in [2.45, 2.75) is 30.2 Å². The number of rotatable bonds is 6. The topological polar surface area (TPSA) is 112 Å². The Morgan fingerprint density at radius 2 is 2.14 bits per heavy atom. The van der Waals surface area contributed by atoms with Gasteiger partial charge in [-0.05, 0) is 31.4 Å². The number of hydrogen-bond acceptors (Lipinski definition) is 8. The predicted molar refractivity (Wildman–Crippen MR) is 108 cm³/mol. The van der Waals surface area contributed by atoms with Gasteiger partial charge < -0.3 is 19.4 Å². The number of nitrogens with one attached hydrogen (secondary N) is 1. The van der Waals surface area contributed by atoms with Crippen LogP contribution >= 0.6 is 11.8 Å². The molecule has 2 aliphatic rings. The lowest BCUT2D eigenvalue weighted by Gasteiger charge is -2.12. The van der Waals surface area contributed by atoms with Crippen molar-refractivity contribution in [3.63, 3.8) is 0 Å². The summed E-state index contributed by atoms with van der Waals surface area (Å²) in [4.78, 5) is 12.6. The van der Waals surface area contributed by atoms with Crippen LogP contribution < -0.4 is 14.8 Å². The van der Waals surface area contributed by atoms with Crippen LogP contribution in [0.3, 0.4) is 0 Å². The molecule has 0 spiro atoms. The fraction of sp³-hybridized carbons (Fsp3) is 0.500. The summed E-state index contributed by atoms with van der Waals surface area (Å²) in [5.74, 6) is 2.36. The molecule has 1 fully saturated rings. The number of anilines is 1. The smallest absolute Gasteiger partial charge is 0.237 e. The van der Waals surface area contributed by atoms with Crippen LogP contribution in [-0.4, -0.2) is 52.6 Å². The highest BCUT2D eigenvalue weighted by Crippen LogP contribution is 2.34. The van der Waals surface area contributed by atoms with E-state index in [9.17, 15) is 13.2 Å². The third-order valence-corrected chi connectivity index (χ3v) is 7.99. The molecule has 1 N–H and O–H groups in total. The molecule has 0 aliphatic carbocycles. The molecule has 0 radical (unpaired) electrons. The monoisotopic (exact) mass is 438 g/mol. The number of fused-ring (bicyclic) bond motifs is 1. The van der Waals surface area contributed by atoms with Crippen LogP contribution in [0.15, 0.2) is 23.4 Å². The number of ether oxygens (including phenoxy) is 2. The summed E-state index contributed by atoms with van der Waals surface area (Å²) in [5, 5.41) is 11.5. The van der Waals surface area contributed by atoms with E-state index < -0.39 is 15.1 Å². The highest BCUT2D eigenvalue weighted by molar-refractivity contribution is 8.00. The molecular weight excluding hydrogens is 416 g/mol. The number of thioether (sulfide) groups is 1. The first-order valence-electron chi connectivity index (χ1n) is 9.26. The normalized spacial score (nSPS) is 20.6. The Bertz CT molecular complexity index is 1040. The lowest BCUT2D eigenvalue weighted by atomic mass is 10.1. The zero-order valence-corrected chi connectivity index (χ0v) is 17.8. The van der Waals surface area contributed by atoms with Gasteiger partial charge in [0.2, 0.25) is 12.7 Å². The third kappa shape index (κ3) is 4.50. The Morgan fingerprint density at radius 1 is 1.34 bits per heavy atom. The minimum absolute atomic E-state index is 0.0764. The van der Waals surface area contributed by atoms with E-state index in [0.717, 1.165) is 5.82 Å². The van der Waals surface area contributed by atoms with Crippen molar-refractivity contribution in [1.82, 2.24) is 14.8 Å². The fourth-order valence-corrected chi connectivity index (χ4v) is 6.04. The van der Waals surface area contributed by atoms with Crippen LogP contribution in [0.25, 0.3) is 0 Å². The molecule has 2 atom stereocenters. The van der Waals surface area contributed by atoms with E-state index in [2.05, 4.69) is 15.5 Å². The van der Waals surface area contributed by atoms with Gasteiger partial charge in [0, 0.05) is 25.2 Å². The average molecular weight is 439 g/mol. The number of hydrogen-bond donors (Lipinski definition) is 1. The molecule has 0 unspecified atom stereocenters. The van der Waals surface area contributed by atoms with Gasteiger partial charge >= 0.3 is 0 Å². The number of sulfone groups is 1. The molecule has 1 saturated heterocycles. The van der Waals surface area contributed by atoms with Crippen LogP contribution in [-0.2, 0) is 28.1 Å². The molecule has 1 aromatic heterocycles. The molecule has 1 amide bonds. The Hall–Kier alpha value is -2.27. The van der Waals surface area contributed by atoms with E-state index in [1.165, 1.54) is 11.8 Å². The molecule has 156 valence electrons. The molecule has 29 heavy (non-hydrogen) atoms. The maximum Gasteiger partial charge on any atom is 0.237 e. The Balaban J connectivity index is 1.36. The standard InChI is InChI=1S/C18H22N4O5S2/c1-11(17(23)19-13-3-4-14-15(8-13)27-10-26-14)28-18-21-20-16(22(18)2)7-12-5-6-29(24,25)9-12/h3-4,8,11-12H,5-7,9-10H2,1-2H3,(H,19,23)/t11-,12+/m0/s1. The summed E-state index contributed by atoms with van der Waals surface area (Å²) in [5.41, 5.74) is 0.632. The maximum absolute atomic E-state index is 12.6. The van der Waals surface area contributed by atoms with Gasteiger partial charge in [-0.15, -0.1) is 10.2 Å². The zero-order valence-electron chi connectivity index (χ0n) is 16.1. The number of benzene rings is 1. The van der Waals surface area contributed by atoms with Gasteiger partial charge in [-0.2, -0.15) is 0 Å². The van der Waals surface area contributed by atoms with Crippen LogP contribution in [0.1, 0.15) is 19.2 Å². The first-order chi connectivity index (χ1) is 13.8. The van der Waals surface area contributed by atoms with Crippen molar-refractivity contribution in [2.24, 2.45) is 13.0 Å². The van der Waals surface area contributed by atoms with E-state index in [-0.39, 0.29) is 30.1 Å². The van der Waals surface area contributed by atoms with Gasteiger partial charge in [-0.1, -0.05) is 11.8 Å². The summed E-state index contributed by atoms with van der Waals surface area (Å²) in [7, 11) is -1.08. The van der Waals surface area contributed by atoms with Crippen LogP contribution in [0, 0.1) is 5.92 Å². The molecule has 11 heteroatoms. The van der Waals surface area contributed by atoms with E-state index in [1.54, 1.807) is 25.1 Å². The molecule has 3 heterocycles. The average Bonchev–Trinajstić information content (AvgIpc) is 3.36. The Kier molecular flexibility index (Phi) is 5.43. The second kappa shape index (κ2) is 7.86. The summed E-state index contributed by atoms with van der Waals surface area (Å²) in [6.07, 6.45) is 1.23. The van der Waals surface area contributed by atoms with E-state index in [0.29, 0.717) is 35.2 Å². The Labute approximate surface area is 173 Å². The highest BCUT2D eigenvalue weighted by atomic mass is 32.2. The van der Waals surface area contributed by atoms with Gasteiger partial charge in [-0.3, -0.25) is 4.79 Å². The maximum atomic E-state index is 12.6. The number of amides is 1. The third-order valence-electron chi connectivity index (χ3n) is 5.01. The molecule has 0 saturated carbocycles. The minimum Gasteiger partial charge on any atom is -0.454 e. The van der Waals surface area contributed by atoms with E-state index in [1.807, 2.05) is 11.6 Å². The second-order valence-electron chi connectivity index (χ2n) is 7.25. The number of carbonyl (C=O) groups is 1. The van der Waals surface area contributed by atoms with Crippen molar-refractivity contribution in [3.8, 4) is 11.5 Å². The minimum atomic E-state index is -2.92. The number of carbonyl (C=O) groups excluding carboxylic acids is 1.